The maximum Gasteiger partial charge on any atom is 0.138 e. The van der Waals surface area contributed by atoms with Crippen LogP contribution >= 0.6 is 0 Å². The normalized spacial score (nSPS) is 16.8. The van der Waals surface area contributed by atoms with Gasteiger partial charge >= 0.3 is 0 Å². The zero-order valence-electron chi connectivity index (χ0n) is 11.4. The molecule has 0 amide bonds. The summed E-state index contributed by atoms with van der Waals surface area (Å²) in [4.78, 5) is 11.1. The van der Waals surface area contributed by atoms with Crippen LogP contribution in [0.25, 0.3) is 0 Å². The molecule has 1 saturated carbocycles. The van der Waals surface area contributed by atoms with Crippen LogP contribution in [0.2, 0.25) is 0 Å². The highest BCUT2D eigenvalue weighted by Crippen LogP contribution is 2.28. The molecule has 4 heteroatoms. The number of aliphatic hydroxyl groups is 1. The molecule has 0 aliphatic heterocycles. The smallest absolute Gasteiger partial charge is 0.138 e. The van der Waals surface area contributed by atoms with Crippen molar-refractivity contribution in [1.82, 2.24) is 9.97 Å². The molecule has 1 heterocycles. The Kier molecular flexibility index (Phi) is 4.53. The van der Waals surface area contributed by atoms with E-state index >= 15 is 0 Å². The van der Waals surface area contributed by atoms with E-state index in [4.69, 9.17) is 0 Å². The predicted molar refractivity (Wildman–Crippen MR) is 72.6 cm³/mol. The van der Waals surface area contributed by atoms with E-state index in [1.54, 1.807) is 6.20 Å². The van der Waals surface area contributed by atoms with Crippen molar-refractivity contribution in [2.75, 3.05) is 11.4 Å². The molecule has 1 fully saturated rings. The molecule has 2 rings (SSSR count). The molecule has 0 aromatic carbocycles. The molecule has 0 atom stereocenters. The zero-order chi connectivity index (χ0) is 13.0. The van der Waals surface area contributed by atoms with Crippen LogP contribution in [0.1, 0.15) is 50.4 Å². The second-order valence-electron chi connectivity index (χ2n) is 5.00. The Balaban J connectivity index is 2.27. The molecule has 0 spiro atoms. The third-order valence-electron chi connectivity index (χ3n) is 3.76. The van der Waals surface area contributed by atoms with Gasteiger partial charge in [-0.05, 0) is 26.7 Å². The van der Waals surface area contributed by atoms with Gasteiger partial charge in [0.2, 0.25) is 0 Å². The Bertz CT molecular complexity index is 389. The van der Waals surface area contributed by atoms with E-state index in [2.05, 4.69) is 21.8 Å². The van der Waals surface area contributed by atoms with Crippen LogP contribution in [0.15, 0.2) is 6.20 Å². The number of anilines is 1. The lowest BCUT2D eigenvalue weighted by atomic mass is 9.94. The van der Waals surface area contributed by atoms with E-state index in [0.29, 0.717) is 6.04 Å². The van der Waals surface area contributed by atoms with E-state index in [1.807, 2.05) is 6.92 Å². The maximum absolute atomic E-state index is 9.45. The van der Waals surface area contributed by atoms with Gasteiger partial charge in [0.05, 0.1) is 6.61 Å². The first-order valence-electron chi connectivity index (χ1n) is 6.96. The second kappa shape index (κ2) is 6.14. The first-order chi connectivity index (χ1) is 8.76. The summed E-state index contributed by atoms with van der Waals surface area (Å²) < 4.78 is 0. The first kappa shape index (κ1) is 13.3. The van der Waals surface area contributed by atoms with E-state index in [1.165, 1.54) is 32.1 Å². The summed E-state index contributed by atoms with van der Waals surface area (Å²) in [5, 5.41) is 9.45. The molecular formula is C14H23N3O. The largest absolute Gasteiger partial charge is 0.391 e. The first-order valence-corrected chi connectivity index (χ1v) is 6.96. The molecule has 0 saturated heterocycles. The van der Waals surface area contributed by atoms with Gasteiger partial charge in [-0.3, -0.25) is 0 Å². The summed E-state index contributed by atoms with van der Waals surface area (Å²) in [6, 6.07) is 0.573. The van der Waals surface area contributed by atoms with Crippen LogP contribution in [0.3, 0.4) is 0 Å². The third kappa shape index (κ3) is 2.80. The highest BCUT2D eigenvalue weighted by molar-refractivity contribution is 5.46. The summed E-state index contributed by atoms with van der Waals surface area (Å²) in [5.41, 5.74) is 0.841. The van der Waals surface area contributed by atoms with Crippen LogP contribution in [0.4, 0.5) is 5.82 Å². The maximum atomic E-state index is 9.45. The van der Waals surface area contributed by atoms with Gasteiger partial charge in [0.1, 0.15) is 11.6 Å². The van der Waals surface area contributed by atoms with E-state index < -0.39 is 0 Å². The molecule has 1 aromatic heterocycles. The fraction of sp³-hybridized carbons (Fsp3) is 0.714. The average Bonchev–Trinajstić information content (AvgIpc) is 2.41. The highest BCUT2D eigenvalue weighted by Gasteiger charge is 2.23. The van der Waals surface area contributed by atoms with Crippen molar-refractivity contribution < 1.29 is 5.11 Å². The van der Waals surface area contributed by atoms with Crippen molar-refractivity contribution in [2.24, 2.45) is 0 Å². The molecule has 1 aliphatic rings. The fourth-order valence-corrected chi connectivity index (χ4v) is 2.82. The number of nitrogens with zero attached hydrogens (tertiary/aromatic N) is 3. The Morgan fingerprint density at radius 1 is 1.33 bits per heavy atom. The molecule has 18 heavy (non-hydrogen) atoms. The number of aryl methyl sites for hydroxylation is 1. The summed E-state index contributed by atoms with van der Waals surface area (Å²) in [7, 11) is 0. The molecule has 0 unspecified atom stereocenters. The molecule has 0 radical (unpaired) electrons. The highest BCUT2D eigenvalue weighted by atomic mass is 16.3. The molecule has 1 aliphatic carbocycles. The van der Waals surface area contributed by atoms with Crippen molar-refractivity contribution in [3.8, 4) is 0 Å². The van der Waals surface area contributed by atoms with Gasteiger partial charge in [-0.2, -0.15) is 0 Å². The minimum Gasteiger partial charge on any atom is -0.391 e. The van der Waals surface area contributed by atoms with Crippen molar-refractivity contribution >= 4 is 5.82 Å². The van der Waals surface area contributed by atoms with Crippen molar-refractivity contribution in [2.45, 2.75) is 58.6 Å². The van der Waals surface area contributed by atoms with Crippen molar-refractivity contribution in [1.29, 1.82) is 0 Å². The predicted octanol–water partition coefficient (Wildman–Crippen LogP) is 2.44. The summed E-state index contributed by atoms with van der Waals surface area (Å²) in [6.07, 6.45) is 8.19. The molecule has 0 bridgehead atoms. The lowest BCUT2D eigenvalue weighted by Gasteiger charge is -2.35. The number of aromatic nitrogens is 2. The van der Waals surface area contributed by atoms with E-state index in [-0.39, 0.29) is 6.61 Å². The number of hydrogen-bond donors (Lipinski definition) is 1. The molecule has 1 aromatic rings. The Labute approximate surface area is 109 Å². The van der Waals surface area contributed by atoms with Gasteiger partial charge in [0.15, 0.2) is 0 Å². The van der Waals surface area contributed by atoms with Crippen LogP contribution in [-0.2, 0) is 6.61 Å². The van der Waals surface area contributed by atoms with Crippen LogP contribution < -0.4 is 4.90 Å². The number of rotatable bonds is 4. The number of hydrogen-bond acceptors (Lipinski definition) is 4. The second-order valence-corrected chi connectivity index (χ2v) is 5.00. The van der Waals surface area contributed by atoms with E-state index in [0.717, 1.165) is 23.8 Å². The fourth-order valence-electron chi connectivity index (χ4n) is 2.82. The summed E-state index contributed by atoms with van der Waals surface area (Å²) >= 11 is 0. The molecular weight excluding hydrogens is 226 g/mol. The molecule has 100 valence electrons. The summed E-state index contributed by atoms with van der Waals surface area (Å²) in [5.74, 6) is 1.70. The third-order valence-corrected chi connectivity index (χ3v) is 3.76. The van der Waals surface area contributed by atoms with Gasteiger partial charge < -0.3 is 10.0 Å². The van der Waals surface area contributed by atoms with Gasteiger partial charge in [0, 0.05) is 24.3 Å². The SMILES string of the molecule is CCN(c1nc(C)ncc1CO)C1CCCCC1. The lowest BCUT2D eigenvalue weighted by Crippen LogP contribution is -2.38. The standard InChI is InChI=1S/C14H23N3O/c1-3-17(13-7-5-4-6-8-13)14-12(10-18)9-15-11(2)16-14/h9,13,18H,3-8,10H2,1-2H3. The minimum atomic E-state index is 0.0127. The summed E-state index contributed by atoms with van der Waals surface area (Å²) in [6.45, 7) is 5.01. The van der Waals surface area contributed by atoms with Gasteiger partial charge in [-0.25, -0.2) is 9.97 Å². The van der Waals surface area contributed by atoms with Crippen LogP contribution in [0.5, 0.6) is 0 Å². The lowest BCUT2D eigenvalue weighted by molar-refractivity contribution is 0.280. The topological polar surface area (TPSA) is 49.2 Å². The van der Waals surface area contributed by atoms with Crippen LogP contribution in [-0.4, -0.2) is 27.7 Å². The van der Waals surface area contributed by atoms with Crippen molar-refractivity contribution in [3.63, 3.8) is 0 Å². The van der Waals surface area contributed by atoms with Gasteiger partial charge in [0.25, 0.3) is 0 Å². The van der Waals surface area contributed by atoms with Crippen LogP contribution in [0, 0.1) is 6.92 Å². The Hall–Kier alpha value is -1.16. The van der Waals surface area contributed by atoms with E-state index in [9.17, 15) is 5.11 Å². The monoisotopic (exact) mass is 249 g/mol. The Morgan fingerprint density at radius 2 is 2.06 bits per heavy atom. The average molecular weight is 249 g/mol. The quantitative estimate of drug-likeness (QED) is 0.890. The molecule has 4 nitrogen and oxygen atoms in total. The van der Waals surface area contributed by atoms with Gasteiger partial charge in [-0.1, -0.05) is 19.3 Å². The Morgan fingerprint density at radius 3 is 2.67 bits per heavy atom. The minimum absolute atomic E-state index is 0.0127. The van der Waals surface area contributed by atoms with Gasteiger partial charge in [-0.15, -0.1) is 0 Å². The zero-order valence-corrected chi connectivity index (χ0v) is 11.4. The number of aliphatic hydroxyl groups excluding tert-OH is 1. The van der Waals surface area contributed by atoms with Crippen molar-refractivity contribution in [3.05, 3.63) is 17.6 Å². The molecule has 1 N–H and O–H groups in total.